The summed E-state index contributed by atoms with van der Waals surface area (Å²) in [5.74, 6) is 0.775. The Balaban J connectivity index is 1.97. The SMILES string of the molecule is CCC1CCCCN1CC(=O)Nc1ccccc1OC(C)C. The van der Waals surface area contributed by atoms with Crippen molar-refractivity contribution in [3.63, 3.8) is 0 Å². The summed E-state index contributed by atoms with van der Waals surface area (Å²) in [5.41, 5.74) is 0.756. The molecule has 0 bridgehead atoms. The summed E-state index contributed by atoms with van der Waals surface area (Å²) >= 11 is 0. The van der Waals surface area contributed by atoms with Gasteiger partial charge in [-0.05, 0) is 51.8 Å². The van der Waals surface area contributed by atoms with E-state index in [0.717, 1.165) is 24.4 Å². The quantitative estimate of drug-likeness (QED) is 0.871. The Morgan fingerprint density at radius 1 is 1.36 bits per heavy atom. The van der Waals surface area contributed by atoms with E-state index in [1.807, 2.05) is 38.1 Å². The van der Waals surface area contributed by atoms with Gasteiger partial charge in [0.1, 0.15) is 5.75 Å². The average molecular weight is 304 g/mol. The Morgan fingerprint density at radius 3 is 2.86 bits per heavy atom. The van der Waals surface area contributed by atoms with Gasteiger partial charge in [-0.25, -0.2) is 0 Å². The Bertz CT molecular complexity index is 488. The summed E-state index contributed by atoms with van der Waals surface area (Å²) in [4.78, 5) is 14.7. The van der Waals surface area contributed by atoms with Crippen LogP contribution >= 0.6 is 0 Å². The number of hydrogen-bond acceptors (Lipinski definition) is 3. The van der Waals surface area contributed by atoms with E-state index < -0.39 is 0 Å². The summed E-state index contributed by atoms with van der Waals surface area (Å²) < 4.78 is 5.75. The third kappa shape index (κ3) is 4.73. The molecule has 122 valence electrons. The fourth-order valence-corrected chi connectivity index (χ4v) is 3.03. The van der Waals surface area contributed by atoms with Crippen molar-refractivity contribution in [1.82, 2.24) is 4.90 Å². The van der Waals surface area contributed by atoms with Crippen molar-refractivity contribution >= 4 is 11.6 Å². The minimum Gasteiger partial charge on any atom is -0.489 e. The summed E-state index contributed by atoms with van der Waals surface area (Å²) in [6.07, 6.45) is 4.87. The number of rotatable bonds is 6. The number of benzene rings is 1. The lowest BCUT2D eigenvalue weighted by Crippen LogP contribution is -2.43. The highest BCUT2D eigenvalue weighted by Crippen LogP contribution is 2.25. The predicted molar refractivity (Wildman–Crippen MR) is 90.3 cm³/mol. The maximum atomic E-state index is 12.4. The molecule has 22 heavy (non-hydrogen) atoms. The third-order valence-corrected chi connectivity index (χ3v) is 4.09. The molecule has 0 aromatic heterocycles. The molecule has 2 rings (SSSR count). The standard InChI is InChI=1S/C18H28N2O2/c1-4-15-9-7-8-12-20(15)13-18(21)19-16-10-5-6-11-17(16)22-14(2)3/h5-6,10-11,14-15H,4,7-9,12-13H2,1-3H3,(H,19,21). The van der Waals surface area contributed by atoms with Gasteiger partial charge in [0.2, 0.25) is 5.91 Å². The van der Waals surface area contributed by atoms with Crippen molar-refractivity contribution in [3.8, 4) is 5.75 Å². The van der Waals surface area contributed by atoms with Gasteiger partial charge in [-0.1, -0.05) is 25.5 Å². The first-order valence-corrected chi connectivity index (χ1v) is 8.39. The van der Waals surface area contributed by atoms with Gasteiger partial charge in [-0.2, -0.15) is 0 Å². The summed E-state index contributed by atoms with van der Waals surface area (Å²) in [6, 6.07) is 8.17. The van der Waals surface area contributed by atoms with E-state index >= 15 is 0 Å². The summed E-state index contributed by atoms with van der Waals surface area (Å²) in [7, 11) is 0. The molecule has 1 aromatic rings. The largest absolute Gasteiger partial charge is 0.489 e. The molecule has 4 heteroatoms. The number of nitrogens with zero attached hydrogens (tertiary/aromatic N) is 1. The number of para-hydroxylation sites is 2. The fourth-order valence-electron chi connectivity index (χ4n) is 3.03. The smallest absolute Gasteiger partial charge is 0.238 e. The zero-order valence-electron chi connectivity index (χ0n) is 14.0. The van der Waals surface area contributed by atoms with Crippen molar-refractivity contribution in [2.45, 2.75) is 58.6 Å². The molecule has 1 aliphatic heterocycles. The number of hydrogen-bond donors (Lipinski definition) is 1. The van der Waals surface area contributed by atoms with Crippen LogP contribution in [0.15, 0.2) is 24.3 Å². The van der Waals surface area contributed by atoms with Crippen LogP contribution in [0.3, 0.4) is 0 Å². The van der Waals surface area contributed by atoms with Crippen molar-refractivity contribution in [3.05, 3.63) is 24.3 Å². The van der Waals surface area contributed by atoms with Gasteiger partial charge in [0.15, 0.2) is 0 Å². The zero-order valence-corrected chi connectivity index (χ0v) is 14.0. The number of nitrogens with one attached hydrogen (secondary N) is 1. The number of amides is 1. The normalized spacial score (nSPS) is 19.2. The maximum Gasteiger partial charge on any atom is 0.238 e. The first-order valence-electron chi connectivity index (χ1n) is 8.39. The topological polar surface area (TPSA) is 41.6 Å². The summed E-state index contributed by atoms with van der Waals surface area (Å²) in [6.45, 7) is 7.66. The first kappa shape index (κ1) is 16.8. The van der Waals surface area contributed by atoms with E-state index in [4.69, 9.17) is 4.74 Å². The van der Waals surface area contributed by atoms with Gasteiger partial charge < -0.3 is 10.1 Å². The van der Waals surface area contributed by atoms with Crippen LogP contribution in [0.1, 0.15) is 46.5 Å². The highest BCUT2D eigenvalue weighted by molar-refractivity contribution is 5.93. The average Bonchev–Trinajstić information content (AvgIpc) is 2.49. The number of carbonyl (C=O) groups is 1. The molecule has 1 amide bonds. The second-order valence-electron chi connectivity index (χ2n) is 6.24. The molecular weight excluding hydrogens is 276 g/mol. The molecule has 1 aromatic carbocycles. The van der Waals surface area contributed by atoms with E-state index in [1.54, 1.807) is 0 Å². The second-order valence-corrected chi connectivity index (χ2v) is 6.24. The van der Waals surface area contributed by atoms with Crippen LogP contribution in [0, 0.1) is 0 Å². The molecule has 0 saturated carbocycles. The van der Waals surface area contributed by atoms with Crippen LogP contribution in [0.5, 0.6) is 5.75 Å². The van der Waals surface area contributed by atoms with Crippen LogP contribution in [-0.4, -0.2) is 36.0 Å². The van der Waals surface area contributed by atoms with Crippen molar-refractivity contribution in [1.29, 1.82) is 0 Å². The van der Waals surface area contributed by atoms with Crippen molar-refractivity contribution < 1.29 is 9.53 Å². The molecule has 0 aliphatic carbocycles. The molecule has 0 radical (unpaired) electrons. The number of ether oxygens (including phenoxy) is 1. The molecule has 1 fully saturated rings. The number of carbonyl (C=O) groups excluding carboxylic acids is 1. The highest BCUT2D eigenvalue weighted by Gasteiger charge is 2.23. The molecule has 1 saturated heterocycles. The maximum absolute atomic E-state index is 12.4. The lowest BCUT2D eigenvalue weighted by atomic mass is 10.00. The Labute approximate surface area is 133 Å². The van der Waals surface area contributed by atoms with Crippen molar-refractivity contribution in [2.75, 3.05) is 18.4 Å². The number of likely N-dealkylation sites (tertiary alicyclic amines) is 1. The van der Waals surface area contributed by atoms with E-state index in [0.29, 0.717) is 12.6 Å². The van der Waals surface area contributed by atoms with Crippen molar-refractivity contribution in [2.24, 2.45) is 0 Å². The lowest BCUT2D eigenvalue weighted by Gasteiger charge is -2.34. The molecule has 1 N–H and O–H groups in total. The van der Waals surface area contributed by atoms with E-state index in [9.17, 15) is 4.79 Å². The van der Waals surface area contributed by atoms with Gasteiger partial charge in [0.05, 0.1) is 18.3 Å². The van der Waals surface area contributed by atoms with E-state index in [2.05, 4.69) is 17.1 Å². The van der Waals surface area contributed by atoms with Crippen LogP contribution in [0.25, 0.3) is 0 Å². The molecule has 1 atom stereocenters. The Hall–Kier alpha value is -1.55. The van der Waals surface area contributed by atoms with Crippen LogP contribution in [-0.2, 0) is 4.79 Å². The van der Waals surface area contributed by atoms with Gasteiger partial charge >= 0.3 is 0 Å². The lowest BCUT2D eigenvalue weighted by molar-refractivity contribution is -0.118. The third-order valence-electron chi connectivity index (χ3n) is 4.09. The van der Waals surface area contributed by atoms with Gasteiger partial charge in [0, 0.05) is 6.04 Å². The van der Waals surface area contributed by atoms with Gasteiger partial charge in [0.25, 0.3) is 0 Å². The van der Waals surface area contributed by atoms with Crippen LogP contribution in [0.2, 0.25) is 0 Å². The zero-order chi connectivity index (χ0) is 15.9. The van der Waals surface area contributed by atoms with Crippen LogP contribution < -0.4 is 10.1 Å². The molecule has 1 aliphatic rings. The second kappa shape index (κ2) is 8.18. The fraction of sp³-hybridized carbons (Fsp3) is 0.611. The molecule has 1 unspecified atom stereocenters. The minimum atomic E-state index is 0.0418. The van der Waals surface area contributed by atoms with E-state index in [1.165, 1.54) is 19.3 Å². The number of anilines is 1. The number of piperidine rings is 1. The van der Waals surface area contributed by atoms with Crippen LogP contribution in [0.4, 0.5) is 5.69 Å². The van der Waals surface area contributed by atoms with Gasteiger partial charge in [-0.15, -0.1) is 0 Å². The summed E-state index contributed by atoms with van der Waals surface area (Å²) in [5, 5.41) is 3.00. The predicted octanol–water partition coefficient (Wildman–Crippen LogP) is 3.68. The Kier molecular flexibility index (Phi) is 6.25. The first-order chi connectivity index (χ1) is 10.6. The molecule has 4 nitrogen and oxygen atoms in total. The van der Waals surface area contributed by atoms with E-state index in [-0.39, 0.29) is 12.0 Å². The minimum absolute atomic E-state index is 0.0418. The molecule has 0 spiro atoms. The molecule has 1 heterocycles. The Morgan fingerprint density at radius 2 is 2.14 bits per heavy atom. The monoisotopic (exact) mass is 304 g/mol. The molecular formula is C18H28N2O2. The van der Waals surface area contributed by atoms with Gasteiger partial charge in [-0.3, -0.25) is 9.69 Å². The highest BCUT2D eigenvalue weighted by atomic mass is 16.5.